The van der Waals surface area contributed by atoms with Crippen LogP contribution in [0.15, 0.2) is 122 Å². The molecule has 0 aliphatic rings. The second-order valence-electron chi connectivity index (χ2n) is 16.0. The standard InChI is InChI=1S/C57H92O5/c1-4-7-10-13-16-19-22-25-28-29-31-32-35-38-41-44-47-50-56(58)61-54-55(53-60-52-49-46-43-40-37-34-27-24-21-18-15-12-9-6-3)62-57(59)51-48-45-42-39-36-33-30-26-23-20-17-14-11-8-5-2/h7-8,10-12,15-17,19-21,24-26,28,30,36,39,45,48,55H,4-6,9,13-14,18,22-23,27,29,31-35,37-38,40-44,46-47,49-54H2,1-3H3/b10-7-,11-8-,15-12-,19-16-,20-17-,24-21-,28-25-,30-26-,39-36-,48-45-. The lowest BCUT2D eigenvalue weighted by Gasteiger charge is -2.18. The molecular formula is C57H92O5. The van der Waals surface area contributed by atoms with Crippen LogP contribution in [0.1, 0.15) is 201 Å². The Morgan fingerprint density at radius 1 is 0.387 bits per heavy atom. The van der Waals surface area contributed by atoms with Gasteiger partial charge < -0.3 is 14.2 Å². The third-order valence-electron chi connectivity index (χ3n) is 9.98. The van der Waals surface area contributed by atoms with Gasteiger partial charge in [-0.05, 0) is 103 Å². The Balaban J connectivity index is 4.44. The van der Waals surface area contributed by atoms with Crippen molar-refractivity contribution in [2.24, 2.45) is 0 Å². The molecule has 5 nitrogen and oxygen atoms in total. The number of hydrogen-bond acceptors (Lipinski definition) is 5. The minimum atomic E-state index is -0.608. The first-order valence-corrected chi connectivity index (χ1v) is 25.1. The van der Waals surface area contributed by atoms with Gasteiger partial charge in [0.15, 0.2) is 6.10 Å². The Hall–Kier alpha value is -3.70. The van der Waals surface area contributed by atoms with Crippen molar-refractivity contribution in [1.29, 1.82) is 0 Å². The predicted octanol–water partition coefficient (Wildman–Crippen LogP) is 17.0. The largest absolute Gasteiger partial charge is 0.462 e. The zero-order valence-corrected chi connectivity index (χ0v) is 40.1. The molecule has 0 bridgehead atoms. The van der Waals surface area contributed by atoms with E-state index in [0.717, 1.165) is 103 Å². The SMILES string of the molecule is CC/C=C\C/C=C\C/C=C\C/C=C\C/C=C\CC(=O)OC(COCCCCCCCC/C=C\C/C=C\CCC)COC(=O)CCCCCCCCC/C=C\C/C=C\C/C=C\CC. The molecule has 0 radical (unpaired) electrons. The van der Waals surface area contributed by atoms with Gasteiger partial charge in [-0.1, -0.05) is 206 Å². The quantitative estimate of drug-likeness (QED) is 0.0347. The number of ether oxygens (including phenoxy) is 3. The minimum absolute atomic E-state index is 0.0285. The van der Waals surface area contributed by atoms with Crippen LogP contribution in [0.2, 0.25) is 0 Å². The molecule has 0 fully saturated rings. The first-order valence-electron chi connectivity index (χ1n) is 25.1. The van der Waals surface area contributed by atoms with Gasteiger partial charge in [-0.25, -0.2) is 0 Å². The summed E-state index contributed by atoms with van der Waals surface area (Å²) in [5, 5.41) is 0. The first-order chi connectivity index (χ1) is 30.6. The monoisotopic (exact) mass is 857 g/mol. The molecule has 1 unspecified atom stereocenters. The number of rotatable bonds is 44. The van der Waals surface area contributed by atoms with Crippen molar-refractivity contribution >= 4 is 11.9 Å². The molecule has 350 valence electrons. The second-order valence-corrected chi connectivity index (χ2v) is 16.0. The third kappa shape index (κ3) is 49.0. The highest BCUT2D eigenvalue weighted by atomic mass is 16.6. The van der Waals surface area contributed by atoms with Crippen LogP contribution in [-0.4, -0.2) is 37.9 Å². The average molecular weight is 857 g/mol. The number of carbonyl (C=O) groups is 2. The van der Waals surface area contributed by atoms with Gasteiger partial charge in [-0.15, -0.1) is 0 Å². The molecule has 0 aromatic heterocycles. The molecule has 0 aliphatic carbocycles. The Morgan fingerprint density at radius 3 is 1.24 bits per heavy atom. The van der Waals surface area contributed by atoms with E-state index in [1.165, 1.54) is 64.2 Å². The summed E-state index contributed by atoms with van der Waals surface area (Å²) in [6, 6.07) is 0. The van der Waals surface area contributed by atoms with Gasteiger partial charge in [0.05, 0.1) is 13.0 Å². The summed E-state index contributed by atoms with van der Waals surface area (Å²) >= 11 is 0. The summed E-state index contributed by atoms with van der Waals surface area (Å²) in [5.74, 6) is -0.569. The van der Waals surface area contributed by atoms with Gasteiger partial charge in [0, 0.05) is 13.0 Å². The fourth-order valence-corrected chi connectivity index (χ4v) is 6.34. The Kier molecular flexibility index (Phi) is 48.6. The van der Waals surface area contributed by atoms with E-state index in [-0.39, 0.29) is 31.6 Å². The lowest BCUT2D eigenvalue weighted by atomic mass is 10.1. The maximum atomic E-state index is 12.7. The molecule has 0 rings (SSSR count). The van der Waals surface area contributed by atoms with Crippen LogP contribution in [-0.2, 0) is 23.8 Å². The molecule has 0 heterocycles. The molecule has 0 aromatic rings. The first kappa shape index (κ1) is 58.3. The lowest BCUT2D eigenvalue weighted by Crippen LogP contribution is -2.29. The fourth-order valence-electron chi connectivity index (χ4n) is 6.34. The normalized spacial score (nSPS) is 13.3. The molecule has 0 saturated heterocycles. The molecule has 0 aromatic carbocycles. The third-order valence-corrected chi connectivity index (χ3v) is 9.98. The van der Waals surface area contributed by atoms with Crippen LogP contribution in [0.25, 0.3) is 0 Å². The summed E-state index contributed by atoms with van der Waals surface area (Å²) in [6.07, 6.45) is 72.3. The van der Waals surface area contributed by atoms with Gasteiger partial charge in [-0.3, -0.25) is 9.59 Å². The number of unbranched alkanes of at least 4 members (excludes halogenated alkanes) is 14. The highest BCUT2D eigenvalue weighted by Crippen LogP contribution is 2.12. The summed E-state index contributed by atoms with van der Waals surface area (Å²) in [5.41, 5.74) is 0. The Labute approximate surface area is 382 Å². The molecule has 0 spiro atoms. The van der Waals surface area contributed by atoms with E-state index >= 15 is 0 Å². The molecule has 5 heteroatoms. The van der Waals surface area contributed by atoms with Crippen molar-refractivity contribution in [2.45, 2.75) is 207 Å². The van der Waals surface area contributed by atoms with Crippen LogP contribution in [0.4, 0.5) is 0 Å². The maximum absolute atomic E-state index is 12.7. The van der Waals surface area contributed by atoms with E-state index in [1.807, 2.05) is 12.2 Å². The second kappa shape index (κ2) is 51.6. The van der Waals surface area contributed by atoms with E-state index in [9.17, 15) is 9.59 Å². The zero-order valence-electron chi connectivity index (χ0n) is 40.1. The zero-order chi connectivity index (χ0) is 44.9. The van der Waals surface area contributed by atoms with E-state index in [0.29, 0.717) is 13.0 Å². The average Bonchev–Trinajstić information content (AvgIpc) is 3.27. The van der Waals surface area contributed by atoms with Crippen molar-refractivity contribution in [1.82, 2.24) is 0 Å². The molecule has 1 atom stereocenters. The fraction of sp³-hybridized carbons (Fsp3) is 0.614. The smallest absolute Gasteiger partial charge is 0.310 e. The number of hydrogen-bond donors (Lipinski definition) is 0. The summed E-state index contributed by atoms with van der Waals surface area (Å²) in [6.45, 7) is 7.38. The van der Waals surface area contributed by atoms with Crippen molar-refractivity contribution in [3.05, 3.63) is 122 Å². The molecule has 0 N–H and O–H groups in total. The van der Waals surface area contributed by atoms with Gasteiger partial charge in [0.1, 0.15) is 6.61 Å². The van der Waals surface area contributed by atoms with Crippen LogP contribution in [0, 0.1) is 0 Å². The molecule has 0 amide bonds. The van der Waals surface area contributed by atoms with Crippen LogP contribution in [0.3, 0.4) is 0 Å². The molecule has 0 saturated carbocycles. The van der Waals surface area contributed by atoms with Crippen molar-refractivity contribution in [2.75, 3.05) is 19.8 Å². The number of allylic oxidation sites excluding steroid dienone is 19. The van der Waals surface area contributed by atoms with Crippen molar-refractivity contribution < 1.29 is 23.8 Å². The molecule has 62 heavy (non-hydrogen) atoms. The lowest BCUT2D eigenvalue weighted by molar-refractivity contribution is -0.162. The summed E-state index contributed by atoms with van der Waals surface area (Å²) in [7, 11) is 0. The molecule has 0 aliphatic heterocycles. The molecular weight excluding hydrogens is 765 g/mol. The van der Waals surface area contributed by atoms with Gasteiger partial charge in [0.2, 0.25) is 0 Å². The van der Waals surface area contributed by atoms with E-state index in [2.05, 4.69) is 130 Å². The minimum Gasteiger partial charge on any atom is -0.462 e. The van der Waals surface area contributed by atoms with Crippen LogP contribution >= 0.6 is 0 Å². The van der Waals surface area contributed by atoms with Crippen LogP contribution in [0.5, 0.6) is 0 Å². The van der Waals surface area contributed by atoms with Gasteiger partial charge >= 0.3 is 11.9 Å². The Bertz CT molecular complexity index is 1290. The highest BCUT2D eigenvalue weighted by molar-refractivity contribution is 5.71. The topological polar surface area (TPSA) is 61.8 Å². The summed E-state index contributed by atoms with van der Waals surface area (Å²) < 4.78 is 17.3. The number of esters is 2. The predicted molar refractivity (Wildman–Crippen MR) is 269 cm³/mol. The highest BCUT2D eigenvalue weighted by Gasteiger charge is 2.17. The Morgan fingerprint density at radius 2 is 0.774 bits per heavy atom. The van der Waals surface area contributed by atoms with Crippen molar-refractivity contribution in [3.63, 3.8) is 0 Å². The van der Waals surface area contributed by atoms with E-state index in [1.54, 1.807) is 0 Å². The summed E-state index contributed by atoms with van der Waals surface area (Å²) in [4.78, 5) is 25.3. The van der Waals surface area contributed by atoms with Gasteiger partial charge in [-0.2, -0.15) is 0 Å². The maximum Gasteiger partial charge on any atom is 0.310 e. The van der Waals surface area contributed by atoms with E-state index in [4.69, 9.17) is 14.2 Å². The van der Waals surface area contributed by atoms with Crippen molar-refractivity contribution in [3.8, 4) is 0 Å². The van der Waals surface area contributed by atoms with Gasteiger partial charge in [0.25, 0.3) is 0 Å². The number of carbonyl (C=O) groups excluding carboxylic acids is 2. The van der Waals surface area contributed by atoms with E-state index < -0.39 is 6.10 Å². The van der Waals surface area contributed by atoms with Crippen LogP contribution < -0.4 is 0 Å².